The number of methoxy groups -OCH3 is 1. The van der Waals surface area contributed by atoms with Crippen molar-refractivity contribution in [1.29, 1.82) is 0 Å². The lowest BCUT2D eigenvalue weighted by Crippen LogP contribution is -2.28. The maximum absolute atomic E-state index is 13.9. The number of ether oxygens (including phenoxy) is 1. The van der Waals surface area contributed by atoms with Gasteiger partial charge < -0.3 is 14.6 Å². The Labute approximate surface area is 149 Å². The summed E-state index contributed by atoms with van der Waals surface area (Å²) in [6.07, 6.45) is 1.36. The van der Waals surface area contributed by atoms with Gasteiger partial charge in [-0.2, -0.15) is 0 Å². The van der Waals surface area contributed by atoms with Crippen LogP contribution in [0.15, 0.2) is 59.1 Å². The largest absolute Gasteiger partial charge is 0.497 e. The standard InChI is InChI=1S/C20H17FN2O3/c1-25-14-8-6-13(7-9-14)22-19(24)20(10-11-20)18-12-17(26-23-18)15-4-2-3-5-16(15)21/h2-9,12H,10-11H2,1H3,(H,22,24). The number of nitrogens with one attached hydrogen (secondary N) is 1. The number of halogens is 1. The monoisotopic (exact) mass is 352 g/mol. The molecule has 1 fully saturated rings. The minimum atomic E-state index is -0.715. The molecule has 1 saturated carbocycles. The van der Waals surface area contributed by atoms with Crippen LogP contribution in [0.25, 0.3) is 11.3 Å². The zero-order valence-electron chi connectivity index (χ0n) is 14.2. The molecule has 0 unspecified atom stereocenters. The number of hydrogen-bond acceptors (Lipinski definition) is 4. The van der Waals surface area contributed by atoms with Crippen LogP contribution < -0.4 is 10.1 Å². The molecule has 1 amide bonds. The van der Waals surface area contributed by atoms with Gasteiger partial charge in [0.05, 0.1) is 23.8 Å². The molecule has 6 heteroatoms. The molecule has 4 rings (SSSR count). The van der Waals surface area contributed by atoms with Gasteiger partial charge in [0.15, 0.2) is 5.76 Å². The van der Waals surface area contributed by atoms with Crippen LogP contribution in [-0.2, 0) is 10.2 Å². The van der Waals surface area contributed by atoms with E-state index in [1.807, 2.05) is 0 Å². The number of carbonyl (C=O) groups is 1. The number of aromatic nitrogens is 1. The van der Waals surface area contributed by atoms with Crippen LogP contribution in [0.3, 0.4) is 0 Å². The first-order valence-electron chi connectivity index (χ1n) is 8.30. The molecule has 1 aromatic heterocycles. The highest BCUT2D eigenvalue weighted by atomic mass is 19.1. The second kappa shape index (κ2) is 6.29. The molecular formula is C20H17FN2O3. The summed E-state index contributed by atoms with van der Waals surface area (Å²) in [5.74, 6) is 0.510. The van der Waals surface area contributed by atoms with Crippen molar-refractivity contribution in [1.82, 2.24) is 5.16 Å². The normalized spacial score (nSPS) is 14.7. The Morgan fingerprint density at radius 1 is 1.19 bits per heavy atom. The molecule has 1 N–H and O–H groups in total. The fraction of sp³-hybridized carbons (Fsp3) is 0.200. The molecule has 0 spiro atoms. The molecule has 26 heavy (non-hydrogen) atoms. The first-order chi connectivity index (χ1) is 12.6. The van der Waals surface area contributed by atoms with Crippen molar-refractivity contribution >= 4 is 11.6 Å². The Balaban J connectivity index is 1.55. The number of rotatable bonds is 5. The maximum Gasteiger partial charge on any atom is 0.236 e. The fourth-order valence-electron chi connectivity index (χ4n) is 2.94. The Morgan fingerprint density at radius 2 is 1.92 bits per heavy atom. The number of benzene rings is 2. The average Bonchev–Trinajstić information content (AvgIpc) is 3.34. The molecule has 0 radical (unpaired) electrons. The predicted molar refractivity (Wildman–Crippen MR) is 94.4 cm³/mol. The van der Waals surface area contributed by atoms with Crippen molar-refractivity contribution in [3.8, 4) is 17.1 Å². The molecule has 3 aromatic rings. The van der Waals surface area contributed by atoms with Gasteiger partial charge in [0.25, 0.3) is 0 Å². The third kappa shape index (κ3) is 2.83. The SMILES string of the molecule is COc1ccc(NC(=O)C2(c3cc(-c4ccccc4F)on3)CC2)cc1. The zero-order valence-corrected chi connectivity index (χ0v) is 14.2. The summed E-state index contributed by atoms with van der Waals surface area (Å²) < 4.78 is 24.3. The third-order valence-electron chi connectivity index (χ3n) is 4.67. The van der Waals surface area contributed by atoms with E-state index in [4.69, 9.17) is 9.26 Å². The van der Waals surface area contributed by atoms with Crippen molar-refractivity contribution in [2.75, 3.05) is 12.4 Å². The first-order valence-corrected chi connectivity index (χ1v) is 8.30. The number of carbonyl (C=O) groups excluding carboxylic acids is 1. The van der Waals surface area contributed by atoms with E-state index in [1.54, 1.807) is 55.6 Å². The molecule has 2 aromatic carbocycles. The summed E-state index contributed by atoms with van der Waals surface area (Å²) >= 11 is 0. The molecule has 0 bridgehead atoms. The Kier molecular flexibility index (Phi) is 3.95. The quantitative estimate of drug-likeness (QED) is 0.749. The van der Waals surface area contributed by atoms with Crippen molar-refractivity contribution in [2.45, 2.75) is 18.3 Å². The highest BCUT2D eigenvalue weighted by molar-refractivity contribution is 6.01. The Morgan fingerprint density at radius 3 is 2.58 bits per heavy atom. The van der Waals surface area contributed by atoms with Crippen molar-refractivity contribution in [3.05, 3.63) is 66.1 Å². The molecule has 0 atom stereocenters. The van der Waals surface area contributed by atoms with Gasteiger partial charge in [-0.05, 0) is 49.2 Å². The fourth-order valence-corrected chi connectivity index (χ4v) is 2.94. The summed E-state index contributed by atoms with van der Waals surface area (Å²) in [4.78, 5) is 12.8. The van der Waals surface area contributed by atoms with Crippen molar-refractivity contribution < 1.29 is 18.4 Å². The number of hydrogen-bond donors (Lipinski definition) is 1. The van der Waals surface area contributed by atoms with Crippen molar-refractivity contribution in [2.24, 2.45) is 0 Å². The Hall–Kier alpha value is -3.15. The lowest BCUT2D eigenvalue weighted by atomic mass is 10.00. The summed E-state index contributed by atoms with van der Waals surface area (Å²) in [5, 5.41) is 6.94. The van der Waals surface area contributed by atoms with E-state index in [-0.39, 0.29) is 11.7 Å². The van der Waals surface area contributed by atoms with Crippen LogP contribution in [0.5, 0.6) is 5.75 Å². The topological polar surface area (TPSA) is 64.4 Å². The minimum absolute atomic E-state index is 0.143. The van der Waals surface area contributed by atoms with E-state index < -0.39 is 5.41 Å². The van der Waals surface area contributed by atoms with Gasteiger partial charge >= 0.3 is 0 Å². The van der Waals surface area contributed by atoms with Gasteiger partial charge in [-0.3, -0.25) is 4.79 Å². The second-order valence-electron chi connectivity index (χ2n) is 6.32. The van der Waals surface area contributed by atoms with Gasteiger partial charge in [-0.1, -0.05) is 17.3 Å². The lowest BCUT2D eigenvalue weighted by Gasteiger charge is -2.12. The molecule has 0 saturated heterocycles. The van der Waals surface area contributed by atoms with E-state index in [0.717, 1.165) is 5.75 Å². The van der Waals surface area contributed by atoms with Crippen LogP contribution in [0.2, 0.25) is 0 Å². The van der Waals surface area contributed by atoms with Crippen LogP contribution in [0, 0.1) is 5.82 Å². The number of amides is 1. The van der Waals surface area contributed by atoms with Gasteiger partial charge in [-0.15, -0.1) is 0 Å². The summed E-state index contributed by atoms with van der Waals surface area (Å²) in [7, 11) is 1.59. The maximum atomic E-state index is 13.9. The van der Waals surface area contributed by atoms with Crippen LogP contribution in [0.1, 0.15) is 18.5 Å². The predicted octanol–water partition coefficient (Wildman–Crippen LogP) is 4.16. The van der Waals surface area contributed by atoms with Gasteiger partial charge in [-0.25, -0.2) is 4.39 Å². The van der Waals surface area contributed by atoms with E-state index in [0.29, 0.717) is 35.5 Å². The first kappa shape index (κ1) is 16.3. The van der Waals surface area contributed by atoms with Gasteiger partial charge in [0.2, 0.25) is 5.91 Å². The van der Waals surface area contributed by atoms with Gasteiger partial charge in [0.1, 0.15) is 11.6 Å². The molecule has 5 nitrogen and oxygen atoms in total. The molecule has 1 aliphatic rings. The van der Waals surface area contributed by atoms with E-state index >= 15 is 0 Å². The molecule has 1 heterocycles. The minimum Gasteiger partial charge on any atom is -0.497 e. The highest BCUT2D eigenvalue weighted by Crippen LogP contribution is 2.49. The zero-order chi connectivity index (χ0) is 18.1. The summed E-state index contributed by atoms with van der Waals surface area (Å²) in [6, 6.07) is 15.1. The van der Waals surface area contributed by atoms with E-state index in [1.165, 1.54) is 6.07 Å². The molecule has 132 valence electrons. The molecular weight excluding hydrogens is 335 g/mol. The van der Waals surface area contributed by atoms with E-state index in [9.17, 15) is 9.18 Å². The van der Waals surface area contributed by atoms with Crippen LogP contribution >= 0.6 is 0 Å². The molecule has 0 aliphatic heterocycles. The Bertz CT molecular complexity index is 946. The van der Waals surface area contributed by atoms with E-state index in [2.05, 4.69) is 10.5 Å². The van der Waals surface area contributed by atoms with Crippen molar-refractivity contribution in [3.63, 3.8) is 0 Å². The number of nitrogens with zero attached hydrogens (tertiary/aromatic N) is 1. The van der Waals surface area contributed by atoms with Crippen LogP contribution in [-0.4, -0.2) is 18.2 Å². The molecule has 1 aliphatic carbocycles. The number of anilines is 1. The summed E-state index contributed by atoms with van der Waals surface area (Å²) in [5.41, 5.74) is 0.826. The van der Waals surface area contributed by atoms with Crippen LogP contribution in [0.4, 0.5) is 10.1 Å². The highest BCUT2D eigenvalue weighted by Gasteiger charge is 2.53. The van der Waals surface area contributed by atoms with Gasteiger partial charge in [0, 0.05) is 11.8 Å². The third-order valence-corrected chi connectivity index (χ3v) is 4.67. The lowest BCUT2D eigenvalue weighted by molar-refractivity contribution is -0.118. The summed E-state index contributed by atoms with van der Waals surface area (Å²) in [6.45, 7) is 0. The second-order valence-corrected chi connectivity index (χ2v) is 6.32. The smallest absolute Gasteiger partial charge is 0.236 e. The average molecular weight is 352 g/mol.